The summed E-state index contributed by atoms with van der Waals surface area (Å²) in [5, 5.41) is 0. The molecule has 0 fully saturated rings. The van der Waals surface area contributed by atoms with Gasteiger partial charge in [-0.1, -0.05) is 31.9 Å². The monoisotopic (exact) mass is 279 g/mol. The maximum Gasteiger partial charge on any atom is 0.227 e. The molecular formula is C16H25NOS. The average molecular weight is 279 g/mol. The van der Waals surface area contributed by atoms with Crippen molar-refractivity contribution in [1.82, 2.24) is 4.90 Å². The number of rotatable bonds is 7. The zero-order valence-electron chi connectivity index (χ0n) is 12.2. The molecule has 1 aromatic carbocycles. The highest BCUT2D eigenvalue weighted by Gasteiger charge is 2.16. The van der Waals surface area contributed by atoms with Crippen LogP contribution in [-0.4, -0.2) is 23.4 Å². The van der Waals surface area contributed by atoms with Gasteiger partial charge in [-0.05, 0) is 38.0 Å². The van der Waals surface area contributed by atoms with E-state index < -0.39 is 0 Å². The molecule has 2 nitrogen and oxygen atoms in total. The maximum absolute atomic E-state index is 12.3. The number of nitrogens with zero attached hydrogens (tertiary/aromatic N) is 1. The Labute approximate surface area is 122 Å². The Balaban J connectivity index is 2.58. The third-order valence-corrected chi connectivity index (χ3v) is 3.54. The first-order valence-electron chi connectivity index (χ1n) is 7.12. The molecule has 0 saturated carbocycles. The van der Waals surface area contributed by atoms with Crippen LogP contribution < -0.4 is 0 Å². The first kappa shape index (κ1) is 16.1. The number of hydrogen-bond acceptors (Lipinski definition) is 2. The van der Waals surface area contributed by atoms with Gasteiger partial charge >= 0.3 is 0 Å². The standard InChI is InChI=1S/C16H25NOS/c1-4-5-6-11-17(13(2)3)16(18)12-14-7-9-15(19)10-8-14/h7-10,13,19H,4-6,11-12H2,1-3H3. The van der Waals surface area contributed by atoms with E-state index in [1.54, 1.807) is 0 Å². The quantitative estimate of drug-likeness (QED) is 0.592. The minimum Gasteiger partial charge on any atom is -0.340 e. The summed E-state index contributed by atoms with van der Waals surface area (Å²) >= 11 is 4.26. The van der Waals surface area contributed by atoms with Crippen LogP contribution in [0.2, 0.25) is 0 Å². The van der Waals surface area contributed by atoms with Crippen molar-refractivity contribution in [2.24, 2.45) is 0 Å². The van der Waals surface area contributed by atoms with Crippen molar-refractivity contribution in [1.29, 1.82) is 0 Å². The zero-order chi connectivity index (χ0) is 14.3. The van der Waals surface area contributed by atoms with Gasteiger partial charge in [-0.2, -0.15) is 0 Å². The van der Waals surface area contributed by atoms with Crippen LogP contribution in [0, 0.1) is 0 Å². The van der Waals surface area contributed by atoms with Gasteiger partial charge in [0.2, 0.25) is 5.91 Å². The van der Waals surface area contributed by atoms with E-state index in [-0.39, 0.29) is 11.9 Å². The van der Waals surface area contributed by atoms with Crippen molar-refractivity contribution in [3.63, 3.8) is 0 Å². The number of hydrogen-bond donors (Lipinski definition) is 1. The highest BCUT2D eigenvalue weighted by Crippen LogP contribution is 2.11. The number of thiol groups is 1. The highest BCUT2D eigenvalue weighted by molar-refractivity contribution is 7.80. The van der Waals surface area contributed by atoms with E-state index in [2.05, 4.69) is 33.4 Å². The van der Waals surface area contributed by atoms with Crippen molar-refractivity contribution in [3.05, 3.63) is 29.8 Å². The van der Waals surface area contributed by atoms with Crippen LogP contribution in [0.3, 0.4) is 0 Å². The number of benzene rings is 1. The molecule has 106 valence electrons. The van der Waals surface area contributed by atoms with Crippen LogP contribution in [0.1, 0.15) is 45.6 Å². The first-order valence-corrected chi connectivity index (χ1v) is 7.56. The summed E-state index contributed by atoms with van der Waals surface area (Å²) in [6.07, 6.45) is 3.95. The van der Waals surface area contributed by atoms with E-state index in [0.29, 0.717) is 6.42 Å². The summed E-state index contributed by atoms with van der Waals surface area (Å²) in [6, 6.07) is 8.09. The number of carbonyl (C=O) groups excluding carboxylic acids is 1. The molecule has 1 rings (SSSR count). The summed E-state index contributed by atoms with van der Waals surface area (Å²) in [4.78, 5) is 15.3. The molecule has 0 aliphatic heterocycles. The Hall–Kier alpha value is -0.960. The van der Waals surface area contributed by atoms with E-state index >= 15 is 0 Å². The van der Waals surface area contributed by atoms with Gasteiger partial charge in [-0.3, -0.25) is 4.79 Å². The number of carbonyl (C=O) groups is 1. The van der Waals surface area contributed by atoms with E-state index in [1.165, 1.54) is 12.8 Å². The van der Waals surface area contributed by atoms with Crippen molar-refractivity contribution in [2.45, 2.75) is 57.4 Å². The molecule has 0 aliphatic carbocycles. The fraction of sp³-hybridized carbons (Fsp3) is 0.562. The Bertz CT molecular complexity index is 386. The van der Waals surface area contributed by atoms with Gasteiger partial charge in [-0.25, -0.2) is 0 Å². The van der Waals surface area contributed by atoms with Crippen LogP contribution in [-0.2, 0) is 11.2 Å². The van der Waals surface area contributed by atoms with E-state index in [4.69, 9.17) is 0 Å². The zero-order valence-corrected chi connectivity index (χ0v) is 13.1. The van der Waals surface area contributed by atoms with Crippen LogP contribution in [0.4, 0.5) is 0 Å². The molecule has 19 heavy (non-hydrogen) atoms. The molecule has 0 atom stereocenters. The first-order chi connectivity index (χ1) is 9.04. The van der Waals surface area contributed by atoms with Crippen LogP contribution >= 0.6 is 12.6 Å². The molecule has 1 amide bonds. The van der Waals surface area contributed by atoms with Crippen LogP contribution in [0.5, 0.6) is 0 Å². The average Bonchev–Trinajstić information content (AvgIpc) is 2.37. The third-order valence-electron chi connectivity index (χ3n) is 3.24. The second kappa shape index (κ2) is 8.26. The summed E-state index contributed by atoms with van der Waals surface area (Å²) in [6.45, 7) is 7.22. The van der Waals surface area contributed by atoms with Gasteiger partial charge in [-0.15, -0.1) is 12.6 Å². The lowest BCUT2D eigenvalue weighted by atomic mass is 10.1. The molecule has 0 bridgehead atoms. The molecule has 0 N–H and O–H groups in total. The second-order valence-electron chi connectivity index (χ2n) is 5.23. The van der Waals surface area contributed by atoms with Crippen LogP contribution in [0.25, 0.3) is 0 Å². The second-order valence-corrected chi connectivity index (χ2v) is 5.75. The van der Waals surface area contributed by atoms with Gasteiger partial charge in [0, 0.05) is 17.5 Å². The Kier molecular flexibility index (Phi) is 7.00. The van der Waals surface area contributed by atoms with Crippen molar-refractivity contribution in [2.75, 3.05) is 6.54 Å². The van der Waals surface area contributed by atoms with Crippen LogP contribution in [0.15, 0.2) is 29.2 Å². The fourth-order valence-electron chi connectivity index (χ4n) is 2.09. The molecule has 3 heteroatoms. The molecule has 0 aromatic heterocycles. The lowest BCUT2D eigenvalue weighted by Gasteiger charge is -2.27. The van der Waals surface area contributed by atoms with Gasteiger partial charge in [0.15, 0.2) is 0 Å². The SMILES string of the molecule is CCCCCN(C(=O)Cc1ccc(S)cc1)C(C)C. The summed E-state index contributed by atoms with van der Waals surface area (Å²) in [5.41, 5.74) is 1.06. The van der Waals surface area contributed by atoms with Gasteiger partial charge < -0.3 is 4.90 Å². The molecule has 0 aliphatic rings. The minimum absolute atomic E-state index is 0.220. The molecule has 1 aromatic rings. The molecular weight excluding hydrogens is 254 g/mol. The van der Waals surface area contributed by atoms with Crippen molar-refractivity contribution >= 4 is 18.5 Å². The van der Waals surface area contributed by atoms with Gasteiger partial charge in [0.1, 0.15) is 0 Å². The Morgan fingerprint density at radius 3 is 2.37 bits per heavy atom. The lowest BCUT2D eigenvalue weighted by molar-refractivity contribution is -0.132. The predicted octanol–water partition coefficient (Wildman–Crippen LogP) is 3.95. The largest absolute Gasteiger partial charge is 0.340 e. The van der Waals surface area contributed by atoms with E-state index in [9.17, 15) is 4.79 Å². The lowest BCUT2D eigenvalue weighted by Crippen LogP contribution is -2.38. The topological polar surface area (TPSA) is 20.3 Å². The fourth-order valence-corrected chi connectivity index (χ4v) is 2.24. The Morgan fingerprint density at radius 2 is 1.84 bits per heavy atom. The normalized spacial score (nSPS) is 10.8. The van der Waals surface area contributed by atoms with Crippen molar-refractivity contribution < 1.29 is 4.79 Å². The van der Waals surface area contributed by atoms with E-state index in [1.807, 2.05) is 29.2 Å². The van der Waals surface area contributed by atoms with Gasteiger partial charge in [0.05, 0.1) is 6.42 Å². The molecule has 0 heterocycles. The molecule has 0 unspecified atom stereocenters. The minimum atomic E-state index is 0.220. The number of unbranched alkanes of at least 4 members (excludes halogenated alkanes) is 2. The third kappa shape index (κ3) is 5.68. The number of amides is 1. The Morgan fingerprint density at radius 1 is 1.21 bits per heavy atom. The highest BCUT2D eigenvalue weighted by atomic mass is 32.1. The molecule has 0 spiro atoms. The summed E-state index contributed by atoms with van der Waals surface area (Å²) < 4.78 is 0. The molecule has 0 saturated heterocycles. The van der Waals surface area contributed by atoms with Gasteiger partial charge in [0.25, 0.3) is 0 Å². The van der Waals surface area contributed by atoms with Crippen molar-refractivity contribution in [3.8, 4) is 0 Å². The maximum atomic E-state index is 12.3. The summed E-state index contributed by atoms with van der Waals surface area (Å²) in [5.74, 6) is 0.220. The molecule has 0 radical (unpaired) electrons. The summed E-state index contributed by atoms with van der Waals surface area (Å²) in [7, 11) is 0. The van der Waals surface area contributed by atoms with E-state index in [0.717, 1.165) is 23.4 Å². The smallest absolute Gasteiger partial charge is 0.227 e. The predicted molar refractivity (Wildman–Crippen MR) is 83.8 cm³/mol.